The monoisotopic (exact) mass is 438 g/mol. The molecule has 5 nitrogen and oxygen atoms in total. The highest BCUT2D eigenvalue weighted by atomic mass is 32.2. The first kappa shape index (κ1) is 20.6. The van der Waals surface area contributed by atoms with Gasteiger partial charge in [-0.1, -0.05) is 24.3 Å². The Morgan fingerprint density at radius 1 is 0.903 bits per heavy atom. The van der Waals surface area contributed by atoms with Gasteiger partial charge in [-0.15, -0.1) is 0 Å². The van der Waals surface area contributed by atoms with Gasteiger partial charge < -0.3 is 10.6 Å². The largest absolute Gasteiger partial charge is 0.378 e. The number of sulfone groups is 1. The van der Waals surface area contributed by atoms with Crippen LogP contribution in [0.2, 0.25) is 0 Å². The van der Waals surface area contributed by atoms with Crippen LogP contribution in [0.3, 0.4) is 0 Å². The third kappa shape index (κ3) is 4.49. The van der Waals surface area contributed by atoms with Crippen molar-refractivity contribution in [3.63, 3.8) is 0 Å². The van der Waals surface area contributed by atoms with Crippen molar-refractivity contribution in [1.82, 2.24) is 0 Å². The molecular weight excluding hydrogens is 408 g/mol. The lowest BCUT2D eigenvalue weighted by molar-refractivity contribution is 0.0107. The number of anilines is 2. The summed E-state index contributed by atoms with van der Waals surface area (Å²) in [6.07, 6.45) is 9.12. The molecule has 0 saturated heterocycles. The Morgan fingerprint density at radius 2 is 1.45 bits per heavy atom. The van der Waals surface area contributed by atoms with Crippen LogP contribution in [-0.4, -0.2) is 26.1 Å². The van der Waals surface area contributed by atoms with Crippen LogP contribution < -0.4 is 10.6 Å². The molecular formula is C25H30N2O3S. The van der Waals surface area contributed by atoms with Crippen LogP contribution in [0.15, 0.2) is 48.5 Å². The maximum absolute atomic E-state index is 12.9. The fraction of sp³-hybridized carbons (Fsp3) is 0.480. The minimum atomic E-state index is -3.10. The average Bonchev–Trinajstić information content (AvgIpc) is 2.67. The first-order chi connectivity index (χ1) is 14.8. The standard InChI is InChI=1S/C25H30N2O3S/c1-31(29,30)16-17-6-8-21(9-7-17)24(28)26-22-4-2-3-5-23(22)27-25-13-18-10-19(14-25)12-20(11-18)15-25/h2-9,18-20,27H,10-16H2,1H3,(H,26,28). The van der Waals surface area contributed by atoms with E-state index in [9.17, 15) is 13.2 Å². The van der Waals surface area contributed by atoms with Gasteiger partial charge in [0.1, 0.15) is 0 Å². The number of amides is 1. The molecule has 0 heterocycles. The second-order valence-electron chi connectivity index (χ2n) is 10.1. The summed E-state index contributed by atoms with van der Waals surface area (Å²) in [5.74, 6) is 2.35. The lowest BCUT2D eigenvalue weighted by Crippen LogP contribution is -2.54. The van der Waals surface area contributed by atoms with E-state index in [0.29, 0.717) is 11.1 Å². The maximum atomic E-state index is 12.9. The van der Waals surface area contributed by atoms with Gasteiger partial charge in [-0.05, 0) is 86.1 Å². The first-order valence-electron chi connectivity index (χ1n) is 11.2. The summed E-state index contributed by atoms with van der Waals surface area (Å²) in [7, 11) is -3.10. The van der Waals surface area contributed by atoms with Crippen molar-refractivity contribution < 1.29 is 13.2 Å². The van der Waals surface area contributed by atoms with Crippen LogP contribution in [0.1, 0.15) is 54.4 Å². The van der Waals surface area contributed by atoms with Gasteiger partial charge in [-0.25, -0.2) is 8.42 Å². The van der Waals surface area contributed by atoms with E-state index in [1.54, 1.807) is 24.3 Å². The molecule has 164 valence electrons. The van der Waals surface area contributed by atoms with Crippen molar-refractivity contribution in [2.75, 3.05) is 16.9 Å². The van der Waals surface area contributed by atoms with E-state index < -0.39 is 9.84 Å². The van der Waals surface area contributed by atoms with Crippen LogP contribution in [-0.2, 0) is 15.6 Å². The summed E-state index contributed by atoms with van der Waals surface area (Å²) in [6, 6.07) is 14.7. The van der Waals surface area contributed by atoms with E-state index in [1.165, 1.54) is 44.8 Å². The van der Waals surface area contributed by atoms with Crippen molar-refractivity contribution in [3.8, 4) is 0 Å². The second-order valence-corrected chi connectivity index (χ2v) is 12.2. The quantitative estimate of drug-likeness (QED) is 0.675. The zero-order valence-corrected chi connectivity index (χ0v) is 18.8. The summed E-state index contributed by atoms with van der Waals surface area (Å²) in [6.45, 7) is 0. The van der Waals surface area contributed by atoms with E-state index in [-0.39, 0.29) is 17.2 Å². The van der Waals surface area contributed by atoms with Crippen molar-refractivity contribution in [2.45, 2.75) is 49.8 Å². The fourth-order valence-electron chi connectivity index (χ4n) is 6.50. The summed E-state index contributed by atoms with van der Waals surface area (Å²) in [5.41, 5.74) is 3.16. The Balaban J connectivity index is 1.31. The molecule has 4 aliphatic rings. The third-order valence-corrected chi connectivity index (χ3v) is 8.12. The van der Waals surface area contributed by atoms with Crippen LogP contribution in [0.25, 0.3) is 0 Å². The number of carbonyl (C=O) groups excluding carboxylic acids is 1. The Labute approximate surface area is 184 Å². The van der Waals surface area contributed by atoms with E-state index in [1.807, 2.05) is 18.2 Å². The van der Waals surface area contributed by atoms with Gasteiger partial charge in [0.2, 0.25) is 0 Å². The van der Waals surface area contributed by atoms with Gasteiger partial charge in [-0.2, -0.15) is 0 Å². The minimum absolute atomic E-state index is 0.0211. The van der Waals surface area contributed by atoms with Crippen LogP contribution in [0, 0.1) is 17.8 Å². The van der Waals surface area contributed by atoms with Crippen LogP contribution in [0.5, 0.6) is 0 Å². The number of hydrogen-bond donors (Lipinski definition) is 2. The van der Waals surface area contributed by atoms with E-state index in [2.05, 4.69) is 16.7 Å². The van der Waals surface area contributed by atoms with Crippen LogP contribution in [0.4, 0.5) is 11.4 Å². The highest BCUT2D eigenvalue weighted by Gasteiger charge is 2.51. The summed E-state index contributed by atoms with van der Waals surface area (Å²) >= 11 is 0. The topological polar surface area (TPSA) is 75.3 Å². The summed E-state index contributed by atoms with van der Waals surface area (Å²) in [5, 5.41) is 6.92. The fourth-order valence-corrected chi connectivity index (χ4v) is 7.30. The van der Waals surface area contributed by atoms with Gasteiger partial charge in [0.25, 0.3) is 5.91 Å². The molecule has 0 radical (unpaired) electrons. The SMILES string of the molecule is CS(=O)(=O)Cc1ccc(C(=O)Nc2ccccc2NC23CC4CC(CC(C4)C2)C3)cc1. The maximum Gasteiger partial charge on any atom is 0.255 e. The molecule has 6 heteroatoms. The number of carbonyl (C=O) groups is 1. The Bertz CT molecular complexity index is 1060. The van der Waals surface area contributed by atoms with Crippen molar-refractivity contribution in [2.24, 2.45) is 17.8 Å². The lowest BCUT2D eigenvalue weighted by Gasteiger charge is -2.57. The highest BCUT2D eigenvalue weighted by molar-refractivity contribution is 7.89. The van der Waals surface area contributed by atoms with Crippen LogP contribution >= 0.6 is 0 Å². The Morgan fingerprint density at radius 3 is 2.00 bits per heavy atom. The molecule has 0 spiro atoms. The van der Waals surface area contributed by atoms with E-state index in [0.717, 1.165) is 29.1 Å². The van der Waals surface area contributed by atoms with Gasteiger partial charge in [0.15, 0.2) is 9.84 Å². The molecule has 4 aliphatic carbocycles. The van der Waals surface area contributed by atoms with E-state index >= 15 is 0 Å². The lowest BCUT2D eigenvalue weighted by atomic mass is 9.53. The van der Waals surface area contributed by atoms with Crippen molar-refractivity contribution in [3.05, 3.63) is 59.7 Å². The number of hydrogen-bond acceptors (Lipinski definition) is 4. The molecule has 4 saturated carbocycles. The smallest absolute Gasteiger partial charge is 0.255 e. The minimum Gasteiger partial charge on any atom is -0.378 e. The zero-order valence-electron chi connectivity index (χ0n) is 17.9. The molecule has 0 unspecified atom stereocenters. The normalized spacial score (nSPS) is 29.0. The molecule has 0 aromatic heterocycles. The molecule has 31 heavy (non-hydrogen) atoms. The van der Waals surface area contributed by atoms with Crippen molar-refractivity contribution in [1.29, 1.82) is 0 Å². The molecule has 4 fully saturated rings. The molecule has 4 bridgehead atoms. The second kappa shape index (κ2) is 7.66. The molecule has 1 amide bonds. The van der Waals surface area contributed by atoms with E-state index in [4.69, 9.17) is 0 Å². The van der Waals surface area contributed by atoms with Gasteiger partial charge in [0, 0.05) is 17.4 Å². The van der Waals surface area contributed by atoms with Gasteiger partial charge in [0.05, 0.1) is 17.1 Å². The Hall–Kier alpha value is -2.34. The molecule has 2 aromatic rings. The average molecular weight is 439 g/mol. The number of benzene rings is 2. The first-order valence-corrected chi connectivity index (χ1v) is 13.3. The van der Waals surface area contributed by atoms with Gasteiger partial charge >= 0.3 is 0 Å². The predicted octanol–water partition coefficient (Wildman–Crippen LogP) is 4.86. The molecule has 6 rings (SSSR count). The zero-order chi connectivity index (χ0) is 21.6. The Kier molecular flexibility index (Phi) is 5.08. The van der Waals surface area contributed by atoms with Crippen molar-refractivity contribution >= 4 is 27.1 Å². The number of para-hydroxylation sites is 2. The predicted molar refractivity (Wildman–Crippen MR) is 124 cm³/mol. The third-order valence-electron chi connectivity index (χ3n) is 7.26. The molecule has 0 aliphatic heterocycles. The summed E-state index contributed by atoms with van der Waals surface area (Å²) < 4.78 is 22.9. The molecule has 2 N–H and O–H groups in total. The highest BCUT2D eigenvalue weighted by Crippen LogP contribution is 2.56. The summed E-state index contributed by atoms with van der Waals surface area (Å²) in [4.78, 5) is 12.9. The van der Waals surface area contributed by atoms with Gasteiger partial charge in [-0.3, -0.25) is 4.79 Å². The molecule has 0 atom stereocenters. The number of nitrogens with one attached hydrogen (secondary N) is 2. The molecule has 2 aromatic carbocycles. The number of rotatable bonds is 6.